The van der Waals surface area contributed by atoms with Gasteiger partial charge < -0.3 is 4.90 Å². The Morgan fingerprint density at radius 1 is 1.21 bits per heavy atom. The molecule has 0 aromatic heterocycles. The van der Waals surface area contributed by atoms with Gasteiger partial charge in [0.15, 0.2) is 0 Å². The van der Waals surface area contributed by atoms with Crippen LogP contribution in [0, 0.1) is 0 Å². The molecule has 0 N–H and O–H groups in total. The first-order valence-corrected chi connectivity index (χ1v) is 7.29. The number of likely N-dealkylation sites (tertiary alicyclic amines) is 1. The van der Waals surface area contributed by atoms with Crippen molar-refractivity contribution in [1.29, 1.82) is 0 Å². The lowest BCUT2D eigenvalue weighted by atomic mass is 10.2. The van der Waals surface area contributed by atoms with Crippen molar-refractivity contribution in [1.82, 2.24) is 4.90 Å². The lowest BCUT2D eigenvalue weighted by Gasteiger charge is -2.19. The van der Waals surface area contributed by atoms with Gasteiger partial charge in [-0.1, -0.05) is 31.2 Å². The first-order valence-electron chi connectivity index (χ1n) is 6.31. The van der Waals surface area contributed by atoms with E-state index in [1.807, 2.05) is 4.90 Å². The van der Waals surface area contributed by atoms with Gasteiger partial charge in [-0.2, -0.15) is 4.99 Å². The third kappa shape index (κ3) is 3.99. The minimum atomic E-state index is -0.486. The van der Waals surface area contributed by atoms with Gasteiger partial charge in [-0.05, 0) is 12.8 Å². The molecule has 6 nitrogen and oxygen atoms in total. The summed E-state index contributed by atoms with van der Waals surface area (Å²) in [4.78, 5) is 28.8. The first kappa shape index (κ1) is 13.9. The smallest absolute Gasteiger partial charge is 0.299 e. The number of nitrogens with zero attached hydrogens (tertiary/aromatic N) is 4. The first-order chi connectivity index (χ1) is 9.16. The van der Waals surface area contributed by atoms with E-state index in [0.717, 1.165) is 37.7 Å². The number of carbonyl (C=O) groups is 2. The molecule has 7 heteroatoms. The summed E-state index contributed by atoms with van der Waals surface area (Å²) in [5, 5.41) is 7.58. The highest BCUT2D eigenvalue weighted by molar-refractivity contribution is 8.14. The molecule has 2 heterocycles. The van der Waals surface area contributed by atoms with Gasteiger partial charge in [0.05, 0.1) is 5.75 Å². The van der Waals surface area contributed by atoms with Crippen molar-refractivity contribution >= 4 is 28.7 Å². The molecule has 0 bridgehead atoms. The second-order valence-corrected chi connectivity index (χ2v) is 5.37. The predicted molar refractivity (Wildman–Crippen MR) is 73.9 cm³/mol. The van der Waals surface area contributed by atoms with Gasteiger partial charge in [0.1, 0.15) is 5.70 Å². The molecule has 0 aromatic carbocycles. The summed E-state index contributed by atoms with van der Waals surface area (Å²) in [5.41, 5.74) is 0.0307. The SMILES string of the molecule is C=C1N=NC(SCC(=O)N2CCCCCC2)=NC1=O. The standard InChI is InChI=1S/C12H16N4O2S/c1-9-11(18)13-12(15-14-9)19-8-10(17)16-6-4-2-3-5-7-16/h1-8H2. The quantitative estimate of drug-likeness (QED) is 0.726. The summed E-state index contributed by atoms with van der Waals surface area (Å²) >= 11 is 1.15. The maximum Gasteiger partial charge on any atom is 0.299 e. The molecule has 0 aromatic rings. The van der Waals surface area contributed by atoms with E-state index in [-0.39, 0.29) is 22.5 Å². The normalized spacial score (nSPS) is 20.2. The summed E-state index contributed by atoms with van der Waals surface area (Å²) in [7, 11) is 0. The van der Waals surface area contributed by atoms with Crippen LogP contribution in [0.4, 0.5) is 0 Å². The number of hydrogen-bond acceptors (Lipinski definition) is 5. The monoisotopic (exact) mass is 280 g/mol. The van der Waals surface area contributed by atoms with Gasteiger partial charge in [-0.15, -0.1) is 10.2 Å². The molecule has 2 rings (SSSR count). The number of rotatable bonds is 2. The second kappa shape index (κ2) is 6.60. The van der Waals surface area contributed by atoms with Crippen LogP contribution in [-0.2, 0) is 9.59 Å². The third-order valence-electron chi connectivity index (χ3n) is 2.98. The average molecular weight is 280 g/mol. The molecule has 1 saturated heterocycles. The largest absolute Gasteiger partial charge is 0.342 e. The van der Waals surface area contributed by atoms with Gasteiger partial charge in [0.2, 0.25) is 11.1 Å². The summed E-state index contributed by atoms with van der Waals surface area (Å²) in [6.07, 6.45) is 4.51. The van der Waals surface area contributed by atoms with E-state index in [1.54, 1.807) is 0 Å². The fraction of sp³-hybridized carbons (Fsp3) is 0.583. The Hall–Kier alpha value is -1.50. The van der Waals surface area contributed by atoms with Crippen LogP contribution < -0.4 is 0 Å². The van der Waals surface area contributed by atoms with Gasteiger partial charge in [0, 0.05) is 13.1 Å². The third-order valence-corrected chi connectivity index (χ3v) is 3.81. The van der Waals surface area contributed by atoms with Crippen LogP contribution in [0.2, 0.25) is 0 Å². The van der Waals surface area contributed by atoms with Crippen LogP contribution in [0.15, 0.2) is 27.5 Å². The van der Waals surface area contributed by atoms with E-state index in [2.05, 4.69) is 21.8 Å². The van der Waals surface area contributed by atoms with Gasteiger partial charge in [-0.25, -0.2) is 0 Å². The lowest BCUT2D eigenvalue weighted by molar-refractivity contribution is -0.128. The van der Waals surface area contributed by atoms with Crippen molar-refractivity contribution in [2.45, 2.75) is 25.7 Å². The maximum atomic E-state index is 12.0. The molecule has 2 aliphatic heterocycles. The number of amides is 2. The molecule has 0 atom stereocenters. The van der Waals surface area contributed by atoms with Crippen LogP contribution in [0.3, 0.4) is 0 Å². The number of thioether (sulfide) groups is 1. The van der Waals surface area contributed by atoms with Crippen molar-refractivity contribution < 1.29 is 9.59 Å². The predicted octanol–water partition coefficient (Wildman–Crippen LogP) is 1.98. The lowest BCUT2D eigenvalue weighted by Crippen LogP contribution is -2.33. The molecule has 2 aliphatic rings. The van der Waals surface area contributed by atoms with Crippen LogP contribution in [0.5, 0.6) is 0 Å². The van der Waals surface area contributed by atoms with Gasteiger partial charge in [-0.3, -0.25) is 9.59 Å². The minimum Gasteiger partial charge on any atom is -0.342 e. The minimum absolute atomic E-state index is 0.0307. The maximum absolute atomic E-state index is 12.0. The van der Waals surface area contributed by atoms with Crippen molar-refractivity contribution in [3.8, 4) is 0 Å². The highest BCUT2D eigenvalue weighted by atomic mass is 32.2. The van der Waals surface area contributed by atoms with Crippen molar-refractivity contribution in [3.05, 3.63) is 12.3 Å². The second-order valence-electron chi connectivity index (χ2n) is 4.43. The number of azo groups is 1. The van der Waals surface area contributed by atoms with Crippen LogP contribution in [0.1, 0.15) is 25.7 Å². The van der Waals surface area contributed by atoms with Crippen LogP contribution >= 0.6 is 11.8 Å². The Labute approximate surface area is 116 Å². The van der Waals surface area contributed by atoms with E-state index in [1.165, 1.54) is 12.8 Å². The van der Waals surface area contributed by atoms with Crippen molar-refractivity contribution in [3.63, 3.8) is 0 Å². The zero-order valence-electron chi connectivity index (χ0n) is 10.7. The summed E-state index contributed by atoms with van der Waals surface area (Å²) in [6.45, 7) is 5.05. The summed E-state index contributed by atoms with van der Waals surface area (Å²) in [6, 6.07) is 0. The van der Waals surface area contributed by atoms with Crippen LogP contribution in [0.25, 0.3) is 0 Å². The zero-order valence-corrected chi connectivity index (χ0v) is 11.5. The summed E-state index contributed by atoms with van der Waals surface area (Å²) < 4.78 is 0. The molecule has 19 heavy (non-hydrogen) atoms. The Balaban J connectivity index is 1.83. The van der Waals surface area contributed by atoms with Crippen LogP contribution in [-0.4, -0.2) is 40.7 Å². The highest BCUT2D eigenvalue weighted by Crippen LogP contribution is 2.16. The number of amidine groups is 1. The van der Waals surface area contributed by atoms with Crippen molar-refractivity contribution in [2.24, 2.45) is 15.2 Å². The van der Waals surface area contributed by atoms with E-state index in [4.69, 9.17) is 0 Å². The van der Waals surface area contributed by atoms with E-state index < -0.39 is 5.91 Å². The molecule has 2 amide bonds. The fourth-order valence-electron chi connectivity index (χ4n) is 1.92. The zero-order chi connectivity index (χ0) is 13.7. The summed E-state index contributed by atoms with van der Waals surface area (Å²) in [5.74, 6) is -0.168. The van der Waals surface area contributed by atoms with Crippen molar-refractivity contribution in [2.75, 3.05) is 18.8 Å². The van der Waals surface area contributed by atoms with Gasteiger partial charge in [0.25, 0.3) is 5.91 Å². The fourth-order valence-corrected chi connectivity index (χ4v) is 2.60. The Bertz CT molecular complexity index is 451. The molecule has 0 saturated carbocycles. The van der Waals surface area contributed by atoms with E-state index >= 15 is 0 Å². The van der Waals surface area contributed by atoms with Gasteiger partial charge >= 0.3 is 0 Å². The average Bonchev–Trinajstić information content (AvgIpc) is 2.69. The molecule has 0 unspecified atom stereocenters. The molecule has 1 fully saturated rings. The number of carbonyl (C=O) groups excluding carboxylic acids is 2. The molecular weight excluding hydrogens is 264 g/mol. The van der Waals surface area contributed by atoms with E-state index in [9.17, 15) is 9.59 Å². The Kier molecular flexibility index (Phi) is 4.84. The molecular formula is C12H16N4O2S. The Morgan fingerprint density at radius 3 is 2.53 bits per heavy atom. The number of hydrogen-bond donors (Lipinski definition) is 0. The molecule has 0 aliphatic carbocycles. The molecule has 0 radical (unpaired) electrons. The highest BCUT2D eigenvalue weighted by Gasteiger charge is 2.18. The molecule has 102 valence electrons. The topological polar surface area (TPSA) is 74.5 Å². The van der Waals surface area contributed by atoms with E-state index in [0.29, 0.717) is 0 Å². The Morgan fingerprint density at radius 2 is 1.89 bits per heavy atom. The number of aliphatic imine (C=N–C) groups is 1. The molecule has 0 spiro atoms.